The minimum Gasteiger partial charge on any atom is -0.484 e. The van der Waals surface area contributed by atoms with Crippen LogP contribution in [0.1, 0.15) is 34.3 Å². The molecule has 2 aromatic rings. The van der Waals surface area contributed by atoms with E-state index in [9.17, 15) is 14.4 Å². The van der Waals surface area contributed by atoms with Crippen LogP contribution in [0.4, 0.5) is 0 Å². The highest BCUT2D eigenvalue weighted by molar-refractivity contribution is 5.94. The van der Waals surface area contributed by atoms with Gasteiger partial charge >= 0.3 is 0 Å². The Balaban J connectivity index is 1.36. The van der Waals surface area contributed by atoms with E-state index in [4.69, 9.17) is 4.74 Å². The van der Waals surface area contributed by atoms with E-state index in [1.165, 1.54) is 6.08 Å². The molecule has 0 saturated heterocycles. The maximum atomic E-state index is 12.0. The van der Waals surface area contributed by atoms with E-state index in [0.29, 0.717) is 30.3 Å². The molecule has 1 saturated carbocycles. The van der Waals surface area contributed by atoms with Crippen molar-refractivity contribution >= 4 is 23.8 Å². The van der Waals surface area contributed by atoms with Gasteiger partial charge in [-0.15, -0.1) is 0 Å². The Morgan fingerprint density at radius 1 is 1.03 bits per heavy atom. The molecule has 1 fully saturated rings. The number of ether oxygens (including phenoxy) is 1. The second-order valence-electron chi connectivity index (χ2n) is 7.35. The summed E-state index contributed by atoms with van der Waals surface area (Å²) in [5.74, 6) is 0.220. The molecule has 0 aliphatic heterocycles. The Kier molecular flexibility index (Phi) is 7.81. The molecule has 162 valence electrons. The van der Waals surface area contributed by atoms with Crippen molar-refractivity contribution in [1.82, 2.24) is 16.0 Å². The summed E-state index contributed by atoms with van der Waals surface area (Å²) in [7, 11) is 1.58. The van der Waals surface area contributed by atoms with Crippen molar-refractivity contribution in [2.24, 2.45) is 0 Å². The molecule has 0 spiro atoms. The molecule has 0 radical (unpaired) electrons. The molecule has 1 aliphatic rings. The number of carbonyl (C=O) groups excluding carboxylic acids is 3. The number of hydrogen-bond acceptors (Lipinski definition) is 4. The van der Waals surface area contributed by atoms with E-state index >= 15 is 0 Å². The molecule has 3 rings (SSSR count). The largest absolute Gasteiger partial charge is 0.484 e. The van der Waals surface area contributed by atoms with Gasteiger partial charge in [0.25, 0.3) is 11.8 Å². The summed E-state index contributed by atoms with van der Waals surface area (Å²) in [5.41, 5.74) is 2.47. The molecule has 0 unspecified atom stereocenters. The van der Waals surface area contributed by atoms with E-state index < -0.39 is 0 Å². The molecule has 2 aromatic carbocycles. The Bertz CT molecular complexity index is 932. The molecule has 3 N–H and O–H groups in total. The molecule has 0 aromatic heterocycles. The lowest BCUT2D eigenvalue weighted by molar-refractivity contribution is -0.123. The van der Waals surface area contributed by atoms with Gasteiger partial charge in [-0.3, -0.25) is 14.4 Å². The highest BCUT2D eigenvalue weighted by Crippen LogP contribution is 2.18. The monoisotopic (exact) mass is 421 g/mol. The van der Waals surface area contributed by atoms with E-state index in [1.807, 2.05) is 24.3 Å². The third-order valence-electron chi connectivity index (χ3n) is 4.78. The van der Waals surface area contributed by atoms with Gasteiger partial charge in [0.1, 0.15) is 5.75 Å². The number of amides is 3. The Labute approximate surface area is 181 Å². The smallest absolute Gasteiger partial charge is 0.258 e. The third-order valence-corrected chi connectivity index (χ3v) is 4.78. The summed E-state index contributed by atoms with van der Waals surface area (Å²) < 4.78 is 5.48. The SMILES string of the molecule is CNC(=O)c1ccc(/C=C/C(=O)NCCc2ccc(OCC(=O)NC3CC3)cc2)cc1. The zero-order valence-electron chi connectivity index (χ0n) is 17.5. The maximum Gasteiger partial charge on any atom is 0.258 e. The van der Waals surface area contributed by atoms with Crippen molar-refractivity contribution in [3.8, 4) is 5.75 Å². The topological polar surface area (TPSA) is 96.5 Å². The van der Waals surface area contributed by atoms with Crippen LogP contribution in [0.15, 0.2) is 54.6 Å². The van der Waals surface area contributed by atoms with Crippen LogP contribution in [0.2, 0.25) is 0 Å². The highest BCUT2D eigenvalue weighted by atomic mass is 16.5. The van der Waals surface area contributed by atoms with Gasteiger partial charge in [-0.05, 0) is 60.7 Å². The number of carbonyl (C=O) groups is 3. The van der Waals surface area contributed by atoms with Crippen LogP contribution in [-0.2, 0) is 16.0 Å². The standard InChI is InChI=1S/C24H27N3O4/c1-25-24(30)19-7-2-17(3-8-19)6-13-22(28)26-15-14-18-4-11-21(12-5-18)31-16-23(29)27-20-9-10-20/h2-8,11-13,20H,9-10,14-16H2,1H3,(H,25,30)(H,26,28)(H,27,29)/b13-6+. The van der Waals surface area contributed by atoms with Gasteiger partial charge in [-0.1, -0.05) is 24.3 Å². The van der Waals surface area contributed by atoms with Crippen molar-refractivity contribution in [1.29, 1.82) is 0 Å². The number of nitrogens with one attached hydrogen (secondary N) is 3. The summed E-state index contributed by atoms with van der Waals surface area (Å²) in [4.78, 5) is 35.2. The summed E-state index contributed by atoms with van der Waals surface area (Å²) in [6, 6.07) is 14.8. The molecule has 0 heterocycles. The van der Waals surface area contributed by atoms with Gasteiger partial charge in [0, 0.05) is 31.3 Å². The van der Waals surface area contributed by atoms with Crippen LogP contribution in [0.3, 0.4) is 0 Å². The predicted octanol–water partition coefficient (Wildman–Crippen LogP) is 2.08. The van der Waals surface area contributed by atoms with Crippen LogP contribution in [0, 0.1) is 0 Å². The molecule has 3 amide bonds. The van der Waals surface area contributed by atoms with E-state index in [0.717, 1.165) is 24.0 Å². The lowest BCUT2D eigenvalue weighted by Crippen LogP contribution is -2.30. The van der Waals surface area contributed by atoms with Gasteiger partial charge in [-0.25, -0.2) is 0 Å². The summed E-state index contributed by atoms with van der Waals surface area (Å²) in [5, 5.41) is 8.29. The summed E-state index contributed by atoms with van der Waals surface area (Å²) in [6.07, 6.45) is 5.97. The lowest BCUT2D eigenvalue weighted by atomic mass is 10.1. The summed E-state index contributed by atoms with van der Waals surface area (Å²) in [6.45, 7) is 0.523. The first kappa shape index (κ1) is 22.1. The first-order valence-corrected chi connectivity index (χ1v) is 10.3. The van der Waals surface area contributed by atoms with E-state index in [-0.39, 0.29) is 24.3 Å². The van der Waals surface area contributed by atoms with Gasteiger partial charge < -0.3 is 20.7 Å². The van der Waals surface area contributed by atoms with Crippen molar-refractivity contribution in [2.45, 2.75) is 25.3 Å². The molecular formula is C24H27N3O4. The Hall–Kier alpha value is -3.61. The lowest BCUT2D eigenvalue weighted by Gasteiger charge is -2.08. The van der Waals surface area contributed by atoms with Gasteiger partial charge in [0.15, 0.2) is 6.61 Å². The second-order valence-corrected chi connectivity index (χ2v) is 7.35. The third kappa shape index (κ3) is 7.62. The fourth-order valence-electron chi connectivity index (χ4n) is 2.85. The van der Waals surface area contributed by atoms with Crippen molar-refractivity contribution in [3.05, 3.63) is 71.3 Å². The Morgan fingerprint density at radius 2 is 1.74 bits per heavy atom. The van der Waals surface area contributed by atoms with Crippen LogP contribution in [0.25, 0.3) is 6.08 Å². The quantitative estimate of drug-likeness (QED) is 0.512. The van der Waals surface area contributed by atoms with Crippen molar-refractivity contribution in [3.63, 3.8) is 0 Å². The number of hydrogen-bond donors (Lipinski definition) is 3. The average molecular weight is 421 g/mol. The molecule has 1 aliphatic carbocycles. The first-order chi connectivity index (χ1) is 15.0. The van der Waals surface area contributed by atoms with Crippen LogP contribution >= 0.6 is 0 Å². The van der Waals surface area contributed by atoms with Crippen LogP contribution in [0.5, 0.6) is 5.75 Å². The Morgan fingerprint density at radius 3 is 2.39 bits per heavy atom. The normalized spacial score (nSPS) is 12.9. The van der Waals surface area contributed by atoms with Crippen molar-refractivity contribution < 1.29 is 19.1 Å². The zero-order chi connectivity index (χ0) is 22.1. The van der Waals surface area contributed by atoms with Gasteiger partial charge in [0.05, 0.1) is 0 Å². The molecule has 7 nitrogen and oxygen atoms in total. The van der Waals surface area contributed by atoms with E-state index in [2.05, 4.69) is 16.0 Å². The zero-order valence-corrected chi connectivity index (χ0v) is 17.5. The molecule has 7 heteroatoms. The second kappa shape index (κ2) is 11.0. The number of benzene rings is 2. The van der Waals surface area contributed by atoms with Gasteiger partial charge in [-0.2, -0.15) is 0 Å². The molecule has 0 atom stereocenters. The molecular weight excluding hydrogens is 394 g/mol. The van der Waals surface area contributed by atoms with Crippen LogP contribution in [-0.4, -0.2) is 44.0 Å². The minimum atomic E-state index is -0.183. The minimum absolute atomic E-state index is 0.0206. The highest BCUT2D eigenvalue weighted by Gasteiger charge is 2.23. The van der Waals surface area contributed by atoms with Crippen LogP contribution < -0.4 is 20.7 Å². The number of rotatable bonds is 10. The summed E-state index contributed by atoms with van der Waals surface area (Å²) >= 11 is 0. The van der Waals surface area contributed by atoms with E-state index in [1.54, 1.807) is 37.4 Å². The molecule has 0 bridgehead atoms. The molecule has 31 heavy (non-hydrogen) atoms. The predicted molar refractivity (Wildman–Crippen MR) is 119 cm³/mol. The fraction of sp³-hybridized carbons (Fsp3) is 0.292. The van der Waals surface area contributed by atoms with Gasteiger partial charge in [0.2, 0.25) is 5.91 Å². The maximum absolute atomic E-state index is 12.0. The van der Waals surface area contributed by atoms with Crippen molar-refractivity contribution in [2.75, 3.05) is 20.2 Å². The fourth-order valence-corrected chi connectivity index (χ4v) is 2.85. The first-order valence-electron chi connectivity index (χ1n) is 10.3. The average Bonchev–Trinajstić information content (AvgIpc) is 3.61.